The molecule has 0 radical (unpaired) electrons. The van der Waals surface area contributed by atoms with Crippen molar-refractivity contribution in [2.24, 2.45) is 0 Å². The maximum atomic E-state index is 13.2. The number of halogens is 6. The molecule has 0 N–H and O–H groups in total. The Morgan fingerprint density at radius 3 is 2.13 bits per heavy atom. The first-order chi connectivity index (χ1) is 14.0. The minimum Gasteiger partial charge on any atom is -0.337 e. The summed E-state index contributed by atoms with van der Waals surface area (Å²) in [5.41, 5.74) is -2.36. The number of benzene rings is 1. The number of hydrogen-bond donors (Lipinski definition) is 0. The number of hydrogen-bond acceptors (Lipinski definition) is 2. The van der Waals surface area contributed by atoms with E-state index >= 15 is 0 Å². The third-order valence-corrected chi connectivity index (χ3v) is 5.69. The fraction of sp³-hybridized carbons (Fsp3) is 0.500. The summed E-state index contributed by atoms with van der Waals surface area (Å²) in [7, 11) is 0. The van der Waals surface area contributed by atoms with Gasteiger partial charge < -0.3 is 9.47 Å². The van der Waals surface area contributed by atoms with Gasteiger partial charge in [0.2, 0.25) is 0 Å². The van der Waals surface area contributed by atoms with Gasteiger partial charge >= 0.3 is 12.4 Å². The average Bonchev–Trinajstić information content (AvgIpc) is 3.35. The summed E-state index contributed by atoms with van der Waals surface area (Å²) in [6.07, 6.45) is -5.61. The molecule has 0 unspecified atom stereocenters. The average molecular weight is 431 g/mol. The molecule has 4 rings (SSSR count). The molecule has 2 aliphatic rings. The molecular weight excluding hydrogens is 412 g/mol. The van der Waals surface area contributed by atoms with E-state index in [1.54, 1.807) is 15.7 Å². The summed E-state index contributed by atoms with van der Waals surface area (Å²) < 4.78 is 80.6. The van der Waals surface area contributed by atoms with E-state index in [1.807, 2.05) is 0 Å². The van der Waals surface area contributed by atoms with Crippen LogP contribution in [0.4, 0.5) is 26.3 Å². The van der Waals surface area contributed by atoms with E-state index in [0.717, 1.165) is 25.0 Å². The van der Waals surface area contributed by atoms with Gasteiger partial charge in [-0.15, -0.1) is 0 Å². The van der Waals surface area contributed by atoms with Crippen molar-refractivity contribution < 1.29 is 31.1 Å². The molecule has 1 aromatic carbocycles. The molecule has 2 aromatic rings. The lowest BCUT2D eigenvalue weighted by molar-refractivity contribution is -0.143. The number of amides is 1. The summed E-state index contributed by atoms with van der Waals surface area (Å²) in [5.74, 6) is -0.106. The Morgan fingerprint density at radius 2 is 1.57 bits per heavy atom. The number of aryl methyl sites for hydroxylation is 1. The molecule has 1 saturated heterocycles. The van der Waals surface area contributed by atoms with Crippen LogP contribution in [0.3, 0.4) is 0 Å². The molecular formula is C20H19F6N3O. The lowest BCUT2D eigenvalue weighted by Gasteiger charge is -2.25. The SMILES string of the molecule is O=C(c1cn2c(n1)CC[C@H](c1cc(C(F)(F)F)cc(C(F)(F)F)c1)C2)N1CCCC1. The predicted octanol–water partition coefficient (Wildman–Crippen LogP) is 4.89. The van der Waals surface area contributed by atoms with E-state index in [9.17, 15) is 31.1 Å². The van der Waals surface area contributed by atoms with Crippen molar-refractivity contribution in [2.45, 2.75) is 50.5 Å². The molecule has 0 spiro atoms. The fourth-order valence-corrected chi connectivity index (χ4v) is 4.12. The number of rotatable bonds is 2. The van der Waals surface area contributed by atoms with Gasteiger partial charge in [-0.25, -0.2) is 4.98 Å². The van der Waals surface area contributed by atoms with Crippen molar-refractivity contribution in [1.29, 1.82) is 0 Å². The first-order valence-corrected chi connectivity index (χ1v) is 9.67. The molecule has 1 amide bonds. The highest BCUT2D eigenvalue weighted by Crippen LogP contribution is 2.39. The minimum atomic E-state index is -4.87. The second kappa shape index (κ2) is 7.31. The normalized spacial score (nSPS) is 19.8. The molecule has 0 bridgehead atoms. The highest BCUT2D eigenvalue weighted by atomic mass is 19.4. The van der Waals surface area contributed by atoms with Gasteiger partial charge in [-0.05, 0) is 43.0 Å². The number of alkyl halides is 6. The fourth-order valence-electron chi connectivity index (χ4n) is 4.12. The largest absolute Gasteiger partial charge is 0.416 e. The second-order valence-electron chi connectivity index (χ2n) is 7.77. The zero-order chi connectivity index (χ0) is 21.7. The second-order valence-corrected chi connectivity index (χ2v) is 7.77. The predicted molar refractivity (Wildman–Crippen MR) is 94.9 cm³/mol. The maximum absolute atomic E-state index is 13.2. The Balaban J connectivity index is 1.62. The molecule has 10 heteroatoms. The molecule has 1 atom stereocenters. The standard InChI is InChI=1S/C20H19F6N3O/c21-19(22,23)14-7-13(8-15(9-14)20(24,25)26)12-3-4-17-27-16(11-29(17)10-12)18(30)28-5-1-2-6-28/h7-9,11-12H,1-6,10H2/t12-/m0/s1. The van der Waals surface area contributed by atoms with Gasteiger partial charge in [-0.1, -0.05) is 0 Å². The maximum Gasteiger partial charge on any atom is 0.416 e. The van der Waals surface area contributed by atoms with E-state index in [1.165, 1.54) is 0 Å². The van der Waals surface area contributed by atoms with Gasteiger partial charge in [0, 0.05) is 38.2 Å². The van der Waals surface area contributed by atoms with Crippen LogP contribution >= 0.6 is 0 Å². The molecule has 30 heavy (non-hydrogen) atoms. The highest BCUT2D eigenvalue weighted by molar-refractivity contribution is 5.92. The smallest absolute Gasteiger partial charge is 0.337 e. The van der Waals surface area contributed by atoms with E-state index < -0.39 is 29.4 Å². The molecule has 4 nitrogen and oxygen atoms in total. The van der Waals surface area contributed by atoms with Gasteiger partial charge in [0.25, 0.3) is 5.91 Å². The molecule has 3 heterocycles. The molecule has 162 valence electrons. The Labute approximate surface area is 168 Å². The summed E-state index contributed by atoms with van der Waals surface area (Å²) in [6.45, 7) is 1.50. The van der Waals surface area contributed by atoms with Crippen LogP contribution in [-0.2, 0) is 25.3 Å². The first kappa shape index (κ1) is 20.7. The van der Waals surface area contributed by atoms with Gasteiger partial charge in [-0.3, -0.25) is 4.79 Å². The number of nitrogens with zero attached hydrogens (tertiary/aromatic N) is 3. The lowest BCUT2D eigenvalue weighted by Crippen LogP contribution is -2.27. The summed E-state index contributed by atoms with van der Waals surface area (Å²) >= 11 is 0. The molecule has 1 aromatic heterocycles. The van der Waals surface area contributed by atoms with Gasteiger partial charge in [0.05, 0.1) is 11.1 Å². The van der Waals surface area contributed by atoms with Crippen molar-refractivity contribution in [1.82, 2.24) is 14.5 Å². The summed E-state index contributed by atoms with van der Waals surface area (Å²) in [4.78, 5) is 18.6. The lowest BCUT2D eigenvalue weighted by atomic mass is 9.89. The summed E-state index contributed by atoms with van der Waals surface area (Å²) in [5, 5.41) is 0. The number of carbonyl (C=O) groups excluding carboxylic acids is 1. The zero-order valence-corrected chi connectivity index (χ0v) is 15.9. The van der Waals surface area contributed by atoms with Crippen LogP contribution in [-0.4, -0.2) is 33.4 Å². The Morgan fingerprint density at radius 1 is 0.967 bits per heavy atom. The number of imidazole rings is 1. The Hall–Kier alpha value is -2.52. The molecule has 1 fully saturated rings. The van der Waals surface area contributed by atoms with Crippen LogP contribution in [0.25, 0.3) is 0 Å². The monoisotopic (exact) mass is 431 g/mol. The van der Waals surface area contributed by atoms with Crippen LogP contribution in [0.1, 0.15) is 58.2 Å². The zero-order valence-electron chi connectivity index (χ0n) is 15.9. The van der Waals surface area contributed by atoms with Crippen LogP contribution in [0.5, 0.6) is 0 Å². The van der Waals surface area contributed by atoms with Crippen molar-refractivity contribution in [3.05, 3.63) is 52.6 Å². The van der Waals surface area contributed by atoms with Gasteiger partial charge in [-0.2, -0.15) is 26.3 Å². The topological polar surface area (TPSA) is 38.1 Å². The van der Waals surface area contributed by atoms with Crippen molar-refractivity contribution >= 4 is 5.91 Å². The molecule has 2 aliphatic heterocycles. The highest BCUT2D eigenvalue weighted by Gasteiger charge is 2.38. The first-order valence-electron chi connectivity index (χ1n) is 9.67. The van der Waals surface area contributed by atoms with E-state index in [-0.39, 0.29) is 29.8 Å². The molecule has 0 aliphatic carbocycles. The number of aromatic nitrogens is 2. The van der Waals surface area contributed by atoms with Crippen LogP contribution in [0.2, 0.25) is 0 Å². The van der Waals surface area contributed by atoms with Crippen molar-refractivity contribution in [3.63, 3.8) is 0 Å². The van der Waals surface area contributed by atoms with E-state index in [0.29, 0.717) is 31.8 Å². The van der Waals surface area contributed by atoms with E-state index in [4.69, 9.17) is 0 Å². The van der Waals surface area contributed by atoms with Crippen LogP contribution in [0.15, 0.2) is 24.4 Å². The van der Waals surface area contributed by atoms with Crippen LogP contribution in [0, 0.1) is 0 Å². The van der Waals surface area contributed by atoms with Gasteiger partial charge in [0.15, 0.2) is 0 Å². The van der Waals surface area contributed by atoms with Gasteiger partial charge in [0.1, 0.15) is 11.5 Å². The number of carbonyl (C=O) groups is 1. The summed E-state index contributed by atoms with van der Waals surface area (Å²) in [6, 6.07) is 1.72. The number of fused-ring (bicyclic) bond motifs is 1. The molecule has 0 saturated carbocycles. The third kappa shape index (κ3) is 4.04. The Bertz CT molecular complexity index is 924. The van der Waals surface area contributed by atoms with Crippen molar-refractivity contribution in [2.75, 3.05) is 13.1 Å². The quantitative estimate of drug-likeness (QED) is 0.636. The Kier molecular flexibility index (Phi) is 5.06. The number of likely N-dealkylation sites (tertiary alicyclic amines) is 1. The minimum absolute atomic E-state index is 0.0103. The van der Waals surface area contributed by atoms with Crippen molar-refractivity contribution in [3.8, 4) is 0 Å². The van der Waals surface area contributed by atoms with Crippen LogP contribution < -0.4 is 0 Å². The van der Waals surface area contributed by atoms with E-state index in [2.05, 4.69) is 4.98 Å². The third-order valence-electron chi connectivity index (χ3n) is 5.69.